The molecule has 0 spiro atoms. The number of thiophene rings is 1. The number of esters is 1. The monoisotopic (exact) mass is 279 g/mol. The summed E-state index contributed by atoms with van der Waals surface area (Å²) < 4.78 is 5.27. The summed E-state index contributed by atoms with van der Waals surface area (Å²) in [6.45, 7) is 2.40. The molecule has 1 aromatic heterocycles. The van der Waals surface area contributed by atoms with Crippen LogP contribution in [0.2, 0.25) is 0 Å². The van der Waals surface area contributed by atoms with E-state index in [1.54, 1.807) is 0 Å². The van der Waals surface area contributed by atoms with Crippen LogP contribution < -0.4 is 5.32 Å². The fourth-order valence-corrected chi connectivity index (χ4v) is 2.83. The lowest BCUT2D eigenvalue weighted by Gasteiger charge is -2.02. The minimum absolute atomic E-state index is 0.0687. The molecule has 19 heavy (non-hydrogen) atoms. The van der Waals surface area contributed by atoms with Crippen LogP contribution in [0.25, 0.3) is 0 Å². The predicted molar refractivity (Wildman–Crippen MR) is 73.4 cm³/mol. The average molecular weight is 279 g/mol. The smallest absolute Gasteiger partial charge is 0.348 e. The van der Waals surface area contributed by atoms with Gasteiger partial charge in [-0.1, -0.05) is 0 Å². The van der Waals surface area contributed by atoms with Crippen molar-refractivity contribution in [3.05, 3.63) is 16.5 Å². The number of hydrogen-bond acceptors (Lipinski definition) is 4. The predicted octanol–water partition coefficient (Wildman–Crippen LogP) is 2.97. The summed E-state index contributed by atoms with van der Waals surface area (Å²) in [4.78, 5) is 24.2. The molecule has 0 aliphatic heterocycles. The Kier molecular flexibility index (Phi) is 3.31. The fraction of sp³-hybridized carbons (Fsp3) is 0.571. The van der Waals surface area contributed by atoms with Crippen LogP contribution in [-0.4, -0.2) is 18.5 Å². The van der Waals surface area contributed by atoms with Crippen molar-refractivity contribution in [2.24, 2.45) is 11.8 Å². The molecule has 2 aliphatic carbocycles. The number of carbonyl (C=O) groups is 2. The van der Waals surface area contributed by atoms with Gasteiger partial charge < -0.3 is 10.1 Å². The second-order valence-corrected chi connectivity index (χ2v) is 6.48. The average Bonchev–Trinajstić information content (AvgIpc) is 3.26. The molecule has 2 saturated carbocycles. The molecule has 1 N–H and O–H groups in total. The zero-order valence-electron chi connectivity index (χ0n) is 10.9. The molecule has 0 unspecified atom stereocenters. The van der Waals surface area contributed by atoms with E-state index in [2.05, 4.69) is 5.32 Å². The molecule has 3 rings (SSSR count). The van der Waals surface area contributed by atoms with E-state index in [1.165, 1.54) is 24.2 Å². The van der Waals surface area contributed by atoms with E-state index in [9.17, 15) is 9.59 Å². The van der Waals surface area contributed by atoms with Crippen LogP contribution in [-0.2, 0) is 9.53 Å². The maximum absolute atomic E-state index is 11.9. The number of carbonyl (C=O) groups excluding carboxylic acids is 2. The van der Waals surface area contributed by atoms with Crippen molar-refractivity contribution in [3.63, 3.8) is 0 Å². The molecule has 102 valence electrons. The van der Waals surface area contributed by atoms with Crippen LogP contribution in [0.1, 0.15) is 40.9 Å². The number of ether oxygens (including phenoxy) is 1. The van der Waals surface area contributed by atoms with Gasteiger partial charge in [-0.2, -0.15) is 0 Å². The summed E-state index contributed by atoms with van der Waals surface area (Å²) in [7, 11) is 0. The third-order valence-corrected chi connectivity index (χ3v) is 4.58. The van der Waals surface area contributed by atoms with Crippen molar-refractivity contribution in [3.8, 4) is 0 Å². The first kappa shape index (κ1) is 12.7. The summed E-state index contributed by atoms with van der Waals surface area (Å²) in [5.74, 6) is 0.548. The normalized spacial score (nSPS) is 18.2. The maximum atomic E-state index is 11.9. The van der Waals surface area contributed by atoms with E-state index >= 15 is 0 Å². The number of aryl methyl sites for hydroxylation is 1. The topological polar surface area (TPSA) is 55.4 Å². The molecule has 0 radical (unpaired) electrons. The lowest BCUT2D eigenvalue weighted by Crippen LogP contribution is -2.12. The third kappa shape index (κ3) is 3.15. The van der Waals surface area contributed by atoms with Crippen molar-refractivity contribution in [1.82, 2.24) is 0 Å². The molecule has 2 aliphatic rings. The van der Waals surface area contributed by atoms with Crippen LogP contribution in [0.5, 0.6) is 0 Å². The van der Waals surface area contributed by atoms with Gasteiger partial charge in [0.15, 0.2) is 0 Å². The van der Waals surface area contributed by atoms with Gasteiger partial charge in [0.2, 0.25) is 5.91 Å². The van der Waals surface area contributed by atoms with Crippen LogP contribution in [0.15, 0.2) is 6.07 Å². The number of rotatable bonds is 5. The summed E-state index contributed by atoms with van der Waals surface area (Å²) in [5.41, 5.74) is 0.872. The second kappa shape index (κ2) is 4.96. The summed E-state index contributed by atoms with van der Waals surface area (Å²) >= 11 is 1.31. The van der Waals surface area contributed by atoms with Gasteiger partial charge in [0.05, 0.1) is 11.6 Å². The molecular weight excluding hydrogens is 262 g/mol. The largest absolute Gasteiger partial charge is 0.461 e. The van der Waals surface area contributed by atoms with Gasteiger partial charge in [-0.05, 0) is 50.2 Å². The highest BCUT2D eigenvalue weighted by molar-refractivity contribution is 7.18. The third-order valence-electron chi connectivity index (χ3n) is 3.44. The van der Waals surface area contributed by atoms with Gasteiger partial charge in [-0.3, -0.25) is 4.79 Å². The maximum Gasteiger partial charge on any atom is 0.348 e. The van der Waals surface area contributed by atoms with E-state index in [-0.39, 0.29) is 17.8 Å². The first-order valence-corrected chi connectivity index (χ1v) is 7.53. The molecule has 2 fully saturated rings. The summed E-state index contributed by atoms with van der Waals surface area (Å²) in [5, 5.41) is 3.61. The van der Waals surface area contributed by atoms with Crippen molar-refractivity contribution in [1.29, 1.82) is 0 Å². The van der Waals surface area contributed by atoms with Crippen molar-refractivity contribution in [2.45, 2.75) is 32.6 Å². The zero-order chi connectivity index (χ0) is 13.4. The molecule has 0 bridgehead atoms. The van der Waals surface area contributed by atoms with Crippen molar-refractivity contribution < 1.29 is 14.3 Å². The molecule has 1 amide bonds. The quantitative estimate of drug-likeness (QED) is 0.843. The molecular formula is C14H17NO3S. The van der Waals surface area contributed by atoms with E-state index in [4.69, 9.17) is 4.74 Å². The number of amides is 1. The molecule has 5 heteroatoms. The molecule has 1 heterocycles. The Morgan fingerprint density at radius 3 is 2.74 bits per heavy atom. The SMILES string of the molecule is Cc1cc(NC(=O)C2CC2)sc1C(=O)OCC1CC1. The van der Waals surface area contributed by atoms with Gasteiger partial charge in [0.25, 0.3) is 0 Å². The number of anilines is 1. The Morgan fingerprint density at radius 2 is 2.11 bits per heavy atom. The minimum Gasteiger partial charge on any atom is -0.461 e. The number of hydrogen-bond donors (Lipinski definition) is 1. The van der Waals surface area contributed by atoms with Gasteiger partial charge in [0.1, 0.15) is 4.88 Å². The van der Waals surface area contributed by atoms with E-state index in [1.807, 2.05) is 13.0 Å². The Labute approximate surface area is 116 Å². The van der Waals surface area contributed by atoms with E-state index < -0.39 is 0 Å². The highest BCUT2D eigenvalue weighted by Gasteiger charge is 2.30. The van der Waals surface area contributed by atoms with Crippen LogP contribution >= 0.6 is 11.3 Å². The Hall–Kier alpha value is -1.36. The molecule has 0 atom stereocenters. The Morgan fingerprint density at radius 1 is 1.37 bits per heavy atom. The summed E-state index contributed by atoms with van der Waals surface area (Å²) in [6, 6.07) is 1.85. The molecule has 0 saturated heterocycles. The summed E-state index contributed by atoms with van der Waals surface area (Å²) in [6.07, 6.45) is 4.29. The minimum atomic E-state index is -0.263. The molecule has 1 aromatic rings. The second-order valence-electron chi connectivity index (χ2n) is 5.43. The van der Waals surface area contributed by atoms with Crippen molar-refractivity contribution in [2.75, 3.05) is 11.9 Å². The highest BCUT2D eigenvalue weighted by Crippen LogP contribution is 2.33. The van der Waals surface area contributed by atoms with E-state index in [0.717, 1.165) is 23.4 Å². The molecule has 0 aromatic carbocycles. The highest BCUT2D eigenvalue weighted by atomic mass is 32.1. The first-order chi connectivity index (χ1) is 9.13. The van der Waals surface area contributed by atoms with Crippen LogP contribution in [0.3, 0.4) is 0 Å². The molecule has 4 nitrogen and oxygen atoms in total. The Balaban J connectivity index is 1.61. The lowest BCUT2D eigenvalue weighted by atomic mass is 10.3. The Bertz CT molecular complexity index is 515. The van der Waals surface area contributed by atoms with E-state index in [0.29, 0.717) is 17.4 Å². The van der Waals surface area contributed by atoms with Crippen molar-refractivity contribution >= 4 is 28.2 Å². The lowest BCUT2D eigenvalue weighted by molar-refractivity contribution is -0.117. The first-order valence-electron chi connectivity index (χ1n) is 6.72. The number of nitrogens with one attached hydrogen (secondary N) is 1. The van der Waals surface area contributed by atoms with Crippen LogP contribution in [0, 0.1) is 18.8 Å². The van der Waals surface area contributed by atoms with Crippen LogP contribution in [0.4, 0.5) is 5.00 Å². The van der Waals surface area contributed by atoms with Gasteiger partial charge in [-0.15, -0.1) is 11.3 Å². The zero-order valence-corrected chi connectivity index (χ0v) is 11.7. The van der Waals surface area contributed by atoms with Gasteiger partial charge >= 0.3 is 5.97 Å². The standard InChI is InChI=1S/C14H17NO3S/c1-8-6-11(15-13(16)10-4-5-10)19-12(8)14(17)18-7-9-2-3-9/h6,9-10H,2-5,7H2,1H3,(H,15,16). The fourth-order valence-electron chi connectivity index (χ4n) is 1.86. The van der Waals surface area contributed by atoms with Gasteiger partial charge in [-0.25, -0.2) is 4.79 Å². The van der Waals surface area contributed by atoms with Gasteiger partial charge in [0, 0.05) is 5.92 Å².